The topological polar surface area (TPSA) is 83.8 Å². The number of hydrogen-bond donors (Lipinski definition) is 2. The van der Waals surface area contributed by atoms with Crippen molar-refractivity contribution >= 4 is 29.1 Å². The number of pyridine rings is 1. The van der Waals surface area contributed by atoms with E-state index in [0.29, 0.717) is 30.7 Å². The first-order valence-electron chi connectivity index (χ1n) is 12.1. The Morgan fingerprint density at radius 2 is 1.83 bits per heavy atom. The maximum atomic E-state index is 13.2. The highest BCUT2D eigenvalue weighted by Crippen LogP contribution is 2.30. The summed E-state index contributed by atoms with van der Waals surface area (Å²) in [5.41, 5.74) is 2.94. The number of halogens is 1. The Kier molecular flexibility index (Phi) is 6.68. The summed E-state index contributed by atoms with van der Waals surface area (Å²) in [6.07, 6.45) is 3.73. The van der Waals surface area contributed by atoms with E-state index in [9.17, 15) is 14.7 Å². The monoisotopic (exact) mass is 495 g/mol. The van der Waals surface area contributed by atoms with Crippen LogP contribution in [-0.4, -0.2) is 57.9 Å². The van der Waals surface area contributed by atoms with Crippen molar-refractivity contribution in [2.45, 2.75) is 56.6 Å². The molecule has 1 aromatic heterocycles. The number of morpholine rings is 1. The second kappa shape index (κ2) is 9.74. The van der Waals surface area contributed by atoms with Gasteiger partial charge in [0.1, 0.15) is 0 Å². The number of rotatable bonds is 4. The molecular formula is C27H30ClN3O4. The third-order valence-corrected chi connectivity index (χ3v) is 7.66. The van der Waals surface area contributed by atoms with Gasteiger partial charge in [-0.15, -0.1) is 12.4 Å². The molecule has 2 aromatic carbocycles. The van der Waals surface area contributed by atoms with Crippen molar-refractivity contribution in [1.82, 2.24) is 14.8 Å². The molecule has 3 aliphatic rings. The molecule has 4 heterocycles. The summed E-state index contributed by atoms with van der Waals surface area (Å²) in [4.78, 5) is 28.3. The Hall–Kier alpha value is -2.71. The van der Waals surface area contributed by atoms with Gasteiger partial charge in [-0.1, -0.05) is 24.3 Å². The second-order valence-electron chi connectivity index (χ2n) is 9.74. The fourth-order valence-corrected chi connectivity index (χ4v) is 5.75. The number of ether oxygens (including phenoxy) is 1. The molecule has 7 nitrogen and oxygen atoms in total. The fraction of sp³-hybridized carbons (Fsp3) is 0.407. The minimum absolute atomic E-state index is 0. The van der Waals surface area contributed by atoms with Crippen molar-refractivity contribution < 1.29 is 14.6 Å². The van der Waals surface area contributed by atoms with Gasteiger partial charge in [0.05, 0.1) is 37.9 Å². The predicted molar refractivity (Wildman–Crippen MR) is 136 cm³/mol. The van der Waals surface area contributed by atoms with Crippen LogP contribution in [0.2, 0.25) is 0 Å². The summed E-state index contributed by atoms with van der Waals surface area (Å²) in [6.45, 7) is 2.13. The van der Waals surface area contributed by atoms with Gasteiger partial charge in [0.25, 0.3) is 11.5 Å². The Morgan fingerprint density at radius 1 is 1.09 bits per heavy atom. The minimum atomic E-state index is -0.693. The van der Waals surface area contributed by atoms with Crippen LogP contribution < -0.4 is 10.9 Å². The highest BCUT2D eigenvalue weighted by Gasteiger charge is 2.40. The van der Waals surface area contributed by atoms with Gasteiger partial charge in [-0.05, 0) is 60.0 Å². The number of benzene rings is 2. The molecule has 0 aliphatic carbocycles. The number of carbonyl (C=O) groups is 1. The van der Waals surface area contributed by atoms with Crippen LogP contribution >= 0.6 is 12.4 Å². The van der Waals surface area contributed by atoms with Crippen LogP contribution in [0, 0.1) is 0 Å². The van der Waals surface area contributed by atoms with E-state index in [2.05, 4.69) is 17.4 Å². The van der Waals surface area contributed by atoms with Gasteiger partial charge in [0.2, 0.25) is 0 Å². The first-order valence-corrected chi connectivity index (χ1v) is 12.1. The number of nitrogens with one attached hydrogen (secondary N) is 1. The van der Waals surface area contributed by atoms with E-state index >= 15 is 0 Å². The zero-order valence-corrected chi connectivity index (χ0v) is 20.2. The average molecular weight is 496 g/mol. The van der Waals surface area contributed by atoms with Crippen LogP contribution in [0.1, 0.15) is 34.3 Å². The van der Waals surface area contributed by atoms with Crippen molar-refractivity contribution in [2.75, 3.05) is 13.2 Å². The molecule has 4 unspecified atom stereocenters. The number of amides is 1. The van der Waals surface area contributed by atoms with Crippen molar-refractivity contribution in [3.63, 3.8) is 0 Å². The van der Waals surface area contributed by atoms with Crippen LogP contribution in [0.15, 0.2) is 59.5 Å². The summed E-state index contributed by atoms with van der Waals surface area (Å²) < 4.78 is 7.17. The van der Waals surface area contributed by atoms with Gasteiger partial charge in [0.15, 0.2) is 0 Å². The summed E-state index contributed by atoms with van der Waals surface area (Å²) in [5, 5.41) is 15.6. The number of carbonyl (C=O) groups excluding carboxylic acids is 1. The number of aliphatic hydroxyl groups excluding tert-OH is 1. The average Bonchev–Trinajstić information content (AvgIpc) is 3.12. The summed E-state index contributed by atoms with van der Waals surface area (Å²) >= 11 is 0. The maximum Gasteiger partial charge on any atom is 0.258 e. The Morgan fingerprint density at radius 3 is 2.60 bits per heavy atom. The van der Waals surface area contributed by atoms with E-state index in [0.717, 1.165) is 24.6 Å². The molecule has 6 rings (SSSR count). The summed E-state index contributed by atoms with van der Waals surface area (Å²) in [5.74, 6) is 0.0148. The lowest BCUT2D eigenvalue weighted by Crippen LogP contribution is -2.49. The molecule has 2 N–H and O–H groups in total. The lowest BCUT2D eigenvalue weighted by atomic mass is 9.93. The van der Waals surface area contributed by atoms with E-state index < -0.39 is 6.10 Å². The van der Waals surface area contributed by atoms with Gasteiger partial charge >= 0.3 is 0 Å². The van der Waals surface area contributed by atoms with E-state index in [4.69, 9.17) is 4.74 Å². The molecule has 4 atom stereocenters. The number of hydrogen-bond acceptors (Lipinski definition) is 5. The third-order valence-electron chi connectivity index (χ3n) is 7.66. The fourth-order valence-electron chi connectivity index (χ4n) is 5.75. The first-order chi connectivity index (χ1) is 16.6. The Balaban J connectivity index is 0.00000253. The predicted octanol–water partition coefficient (Wildman–Crippen LogP) is 2.50. The quantitative estimate of drug-likeness (QED) is 0.581. The van der Waals surface area contributed by atoms with Crippen LogP contribution in [0.25, 0.3) is 10.8 Å². The minimum Gasteiger partial charge on any atom is -0.390 e. The highest BCUT2D eigenvalue weighted by atomic mass is 35.5. The second-order valence-corrected chi connectivity index (χ2v) is 9.74. The Labute approximate surface area is 210 Å². The van der Waals surface area contributed by atoms with Crippen molar-refractivity contribution in [2.24, 2.45) is 0 Å². The zero-order valence-electron chi connectivity index (χ0n) is 19.4. The van der Waals surface area contributed by atoms with Crippen LogP contribution in [0.4, 0.5) is 0 Å². The molecule has 0 saturated carbocycles. The molecule has 0 spiro atoms. The van der Waals surface area contributed by atoms with Crippen molar-refractivity contribution in [3.05, 3.63) is 81.8 Å². The van der Waals surface area contributed by atoms with Crippen LogP contribution in [-0.2, 0) is 24.2 Å². The largest absolute Gasteiger partial charge is 0.390 e. The molecular weight excluding hydrogens is 466 g/mol. The molecule has 3 aliphatic heterocycles. The number of nitrogens with zero attached hydrogens (tertiary/aromatic N) is 2. The van der Waals surface area contributed by atoms with Crippen molar-refractivity contribution in [1.29, 1.82) is 0 Å². The van der Waals surface area contributed by atoms with Crippen molar-refractivity contribution in [3.8, 4) is 0 Å². The lowest BCUT2D eigenvalue weighted by molar-refractivity contribution is -0.00714. The zero-order chi connectivity index (χ0) is 23.2. The molecule has 2 saturated heterocycles. The first kappa shape index (κ1) is 24.0. The maximum absolute atomic E-state index is 13.2. The van der Waals surface area contributed by atoms with E-state index in [1.807, 2.05) is 29.2 Å². The molecule has 184 valence electrons. The smallest absolute Gasteiger partial charge is 0.258 e. The number of fused-ring (bicyclic) bond motifs is 4. The lowest BCUT2D eigenvalue weighted by Gasteiger charge is -2.34. The highest BCUT2D eigenvalue weighted by molar-refractivity contribution is 5.99. The number of aromatic nitrogens is 1. The molecule has 1 amide bonds. The van der Waals surface area contributed by atoms with Gasteiger partial charge in [-0.3, -0.25) is 9.59 Å². The molecule has 3 aromatic rings. The third kappa shape index (κ3) is 4.38. The molecule has 0 radical (unpaired) electrons. The SMILES string of the molecule is Cl.O=C(c1ccc2c(=O)n(CC(O)C3Cc4ccccc4CN3)ccc2c1)N1C2CCC1COC2. The van der Waals surface area contributed by atoms with Gasteiger partial charge in [-0.25, -0.2) is 0 Å². The van der Waals surface area contributed by atoms with Gasteiger partial charge < -0.3 is 24.6 Å². The standard InChI is InChI=1S/C27H29N3O4.ClH/c31-25(24-12-17-3-1-2-4-20(17)13-28-24)14-29-10-9-18-11-19(5-8-23(18)27(29)33)26(32)30-21-6-7-22(30)16-34-15-21;/h1-5,8-11,21-22,24-25,28,31H,6-7,12-16H2;1H. The molecule has 35 heavy (non-hydrogen) atoms. The number of aliphatic hydroxyl groups is 1. The van der Waals surface area contributed by atoms with Gasteiger partial charge in [-0.2, -0.15) is 0 Å². The molecule has 8 heteroatoms. The molecule has 2 fully saturated rings. The summed E-state index contributed by atoms with van der Waals surface area (Å²) in [7, 11) is 0. The summed E-state index contributed by atoms with van der Waals surface area (Å²) in [6, 6.07) is 15.6. The Bertz CT molecular complexity index is 1290. The van der Waals surface area contributed by atoms with E-state index in [-0.39, 0.29) is 48.5 Å². The molecule has 2 bridgehead atoms. The van der Waals surface area contributed by atoms with Crippen LogP contribution in [0.3, 0.4) is 0 Å². The van der Waals surface area contributed by atoms with Crippen LogP contribution in [0.5, 0.6) is 0 Å². The van der Waals surface area contributed by atoms with Gasteiger partial charge in [0, 0.05) is 29.7 Å². The van der Waals surface area contributed by atoms with E-state index in [1.165, 1.54) is 11.1 Å². The normalized spacial score (nSPS) is 24.0. The van der Waals surface area contributed by atoms with E-state index in [1.54, 1.807) is 22.9 Å².